The average molecular weight is 201 g/mol. The second kappa shape index (κ2) is 4.00. The molecule has 0 atom stereocenters. The van der Waals surface area contributed by atoms with Gasteiger partial charge in [0.25, 0.3) is 0 Å². The minimum absolute atomic E-state index is 0.188. The molecule has 1 aromatic heterocycles. The van der Waals surface area contributed by atoms with Gasteiger partial charge in [0, 0.05) is 11.6 Å². The van der Waals surface area contributed by atoms with Gasteiger partial charge in [-0.05, 0) is 17.7 Å². The van der Waals surface area contributed by atoms with Crippen LogP contribution in [0, 0.1) is 0 Å². The van der Waals surface area contributed by atoms with Gasteiger partial charge >= 0.3 is 0 Å². The van der Waals surface area contributed by atoms with Crippen LogP contribution in [0.25, 0.3) is 10.9 Å². The van der Waals surface area contributed by atoms with E-state index in [1.165, 1.54) is 6.26 Å². The van der Waals surface area contributed by atoms with Crippen molar-refractivity contribution in [3.63, 3.8) is 0 Å². The van der Waals surface area contributed by atoms with Crippen molar-refractivity contribution in [3.05, 3.63) is 48.9 Å². The summed E-state index contributed by atoms with van der Waals surface area (Å²) in [6.07, 6.45) is 3.05. The van der Waals surface area contributed by atoms with Crippen LogP contribution in [0.4, 0.5) is 0 Å². The van der Waals surface area contributed by atoms with E-state index in [-0.39, 0.29) is 5.75 Å². The van der Waals surface area contributed by atoms with E-state index in [0.717, 1.165) is 10.9 Å². The maximum absolute atomic E-state index is 9.60. The summed E-state index contributed by atoms with van der Waals surface area (Å²) >= 11 is 0. The molecule has 0 fully saturated rings. The summed E-state index contributed by atoms with van der Waals surface area (Å²) < 4.78 is 5.12. The Morgan fingerprint density at radius 3 is 3.07 bits per heavy atom. The van der Waals surface area contributed by atoms with E-state index in [9.17, 15) is 5.11 Å². The first-order valence-electron chi connectivity index (χ1n) is 4.61. The molecule has 0 amide bonds. The number of ether oxygens (including phenoxy) is 1. The molecule has 0 aliphatic heterocycles. The topological polar surface area (TPSA) is 42.4 Å². The van der Waals surface area contributed by atoms with Crippen molar-refractivity contribution >= 4 is 10.9 Å². The van der Waals surface area contributed by atoms with Gasteiger partial charge < -0.3 is 9.84 Å². The molecule has 1 aromatic carbocycles. The third-order valence-electron chi connectivity index (χ3n) is 2.20. The lowest BCUT2D eigenvalue weighted by atomic mass is 10.1. The number of nitrogens with zero attached hydrogens (tertiary/aromatic N) is 1. The number of rotatable bonds is 3. The maximum atomic E-state index is 9.60. The van der Waals surface area contributed by atoms with Gasteiger partial charge in [-0.3, -0.25) is 4.98 Å². The summed E-state index contributed by atoms with van der Waals surface area (Å²) in [5, 5.41) is 10.5. The second-order valence-electron chi connectivity index (χ2n) is 3.12. The van der Waals surface area contributed by atoms with Crippen LogP contribution < -0.4 is 0 Å². The monoisotopic (exact) mass is 201 g/mol. The molecule has 15 heavy (non-hydrogen) atoms. The van der Waals surface area contributed by atoms with Crippen molar-refractivity contribution in [2.45, 2.75) is 6.61 Å². The summed E-state index contributed by atoms with van der Waals surface area (Å²) in [5.74, 6) is 0.188. The smallest absolute Gasteiger partial charge is 0.141 e. The zero-order valence-electron chi connectivity index (χ0n) is 8.18. The SMILES string of the molecule is C=COCc1ccc(O)c2ncccc12. The van der Waals surface area contributed by atoms with Gasteiger partial charge in [-0.1, -0.05) is 18.7 Å². The molecular weight excluding hydrogens is 190 g/mol. The first-order chi connectivity index (χ1) is 7.33. The Balaban J connectivity index is 2.56. The van der Waals surface area contributed by atoms with Gasteiger partial charge in [0.15, 0.2) is 0 Å². The molecule has 2 rings (SSSR count). The number of phenolic OH excluding ortho intramolecular Hbond substituents is 1. The van der Waals surface area contributed by atoms with Gasteiger partial charge in [-0.2, -0.15) is 0 Å². The molecule has 3 heteroatoms. The van der Waals surface area contributed by atoms with E-state index in [2.05, 4.69) is 11.6 Å². The minimum atomic E-state index is 0.188. The van der Waals surface area contributed by atoms with Crippen molar-refractivity contribution in [1.29, 1.82) is 0 Å². The number of phenols is 1. The Morgan fingerprint density at radius 1 is 1.40 bits per heavy atom. The molecule has 0 aliphatic rings. The fraction of sp³-hybridized carbons (Fsp3) is 0.0833. The number of aromatic nitrogens is 1. The van der Waals surface area contributed by atoms with Gasteiger partial charge in [0.05, 0.1) is 6.26 Å². The third-order valence-corrected chi connectivity index (χ3v) is 2.20. The molecule has 76 valence electrons. The highest BCUT2D eigenvalue weighted by molar-refractivity contribution is 5.86. The normalized spacial score (nSPS) is 10.1. The standard InChI is InChI=1S/C12H11NO2/c1-2-15-8-9-5-6-11(14)12-10(9)4-3-7-13-12/h2-7,14H,1,8H2. The molecule has 1 heterocycles. The van der Waals surface area contributed by atoms with Crippen LogP contribution in [0.1, 0.15) is 5.56 Å². The maximum Gasteiger partial charge on any atom is 0.141 e. The Hall–Kier alpha value is -2.03. The molecule has 0 aliphatic carbocycles. The van der Waals surface area contributed by atoms with Gasteiger partial charge in [0.2, 0.25) is 0 Å². The highest BCUT2D eigenvalue weighted by atomic mass is 16.5. The summed E-state index contributed by atoms with van der Waals surface area (Å²) in [6.45, 7) is 3.92. The largest absolute Gasteiger partial charge is 0.506 e. The molecule has 0 spiro atoms. The van der Waals surface area contributed by atoms with Crippen LogP contribution in [0.15, 0.2) is 43.3 Å². The third kappa shape index (κ3) is 1.76. The van der Waals surface area contributed by atoms with Gasteiger partial charge in [0.1, 0.15) is 17.9 Å². The molecule has 1 N–H and O–H groups in total. The van der Waals surface area contributed by atoms with Crippen LogP contribution in [0.5, 0.6) is 5.75 Å². The van der Waals surface area contributed by atoms with E-state index in [4.69, 9.17) is 4.74 Å². The lowest BCUT2D eigenvalue weighted by Crippen LogP contribution is -1.90. The van der Waals surface area contributed by atoms with Gasteiger partial charge in [-0.25, -0.2) is 0 Å². The Labute approximate surface area is 87.6 Å². The molecule has 2 aromatic rings. The quantitative estimate of drug-likeness (QED) is 0.776. The number of hydrogen-bond acceptors (Lipinski definition) is 3. The van der Waals surface area contributed by atoms with Crippen molar-refractivity contribution in [2.75, 3.05) is 0 Å². The predicted octanol–water partition coefficient (Wildman–Crippen LogP) is 2.60. The average Bonchev–Trinajstić information content (AvgIpc) is 2.29. The number of benzene rings is 1. The van der Waals surface area contributed by atoms with Crippen molar-refractivity contribution in [2.24, 2.45) is 0 Å². The molecule has 0 saturated carbocycles. The highest BCUT2D eigenvalue weighted by Crippen LogP contribution is 2.25. The summed E-state index contributed by atoms with van der Waals surface area (Å²) in [4.78, 5) is 4.12. The lowest BCUT2D eigenvalue weighted by molar-refractivity contribution is 0.239. The molecular formula is C12H11NO2. The Morgan fingerprint density at radius 2 is 2.27 bits per heavy atom. The van der Waals surface area contributed by atoms with Crippen molar-refractivity contribution < 1.29 is 9.84 Å². The fourth-order valence-corrected chi connectivity index (χ4v) is 1.49. The molecule has 0 unspecified atom stereocenters. The second-order valence-corrected chi connectivity index (χ2v) is 3.12. The van der Waals surface area contributed by atoms with E-state index < -0.39 is 0 Å². The number of fused-ring (bicyclic) bond motifs is 1. The van der Waals surface area contributed by atoms with E-state index >= 15 is 0 Å². The first kappa shape index (κ1) is 9.52. The fourth-order valence-electron chi connectivity index (χ4n) is 1.49. The van der Waals surface area contributed by atoms with Gasteiger partial charge in [-0.15, -0.1) is 0 Å². The Kier molecular flexibility index (Phi) is 2.54. The summed E-state index contributed by atoms with van der Waals surface area (Å²) in [6, 6.07) is 7.18. The first-order valence-corrected chi connectivity index (χ1v) is 4.61. The van der Waals surface area contributed by atoms with Crippen LogP contribution in [0.3, 0.4) is 0 Å². The molecule has 3 nitrogen and oxygen atoms in total. The zero-order chi connectivity index (χ0) is 10.7. The van der Waals surface area contributed by atoms with E-state index in [1.807, 2.05) is 18.2 Å². The van der Waals surface area contributed by atoms with Crippen LogP contribution in [0.2, 0.25) is 0 Å². The summed E-state index contributed by atoms with van der Waals surface area (Å²) in [5.41, 5.74) is 1.58. The molecule has 0 bridgehead atoms. The predicted molar refractivity (Wildman–Crippen MR) is 58.4 cm³/mol. The van der Waals surface area contributed by atoms with Crippen LogP contribution in [-0.4, -0.2) is 10.1 Å². The minimum Gasteiger partial charge on any atom is -0.506 e. The zero-order valence-corrected chi connectivity index (χ0v) is 8.18. The van der Waals surface area contributed by atoms with Crippen LogP contribution >= 0.6 is 0 Å². The number of hydrogen-bond donors (Lipinski definition) is 1. The number of aromatic hydroxyl groups is 1. The molecule has 0 radical (unpaired) electrons. The molecule has 0 saturated heterocycles. The van der Waals surface area contributed by atoms with Crippen LogP contribution in [-0.2, 0) is 11.3 Å². The van der Waals surface area contributed by atoms with Crippen molar-refractivity contribution in [1.82, 2.24) is 4.98 Å². The lowest BCUT2D eigenvalue weighted by Gasteiger charge is -2.06. The van der Waals surface area contributed by atoms with E-state index in [1.54, 1.807) is 12.3 Å². The van der Waals surface area contributed by atoms with E-state index in [0.29, 0.717) is 12.1 Å². The number of pyridine rings is 1. The highest BCUT2D eigenvalue weighted by Gasteiger charge is 2.05. The summed E-state index contributed by atoms with van der Waals surface area (Å²) in [7, 11) is 0. The Bertz CT molecular complexity index is 494. The van der Waals surface area contributed by atoms with Crippen molar-refractivity contribution in [3.8, 4) is 5.75 Å².